The SMILES string of the molecule is O=P(c1ccccc1)(c1ccccc1)c1ccc2c(c1)C1(c3ccccc3-c3ccccc31)c1cc(-c3ccc(-c4ccc5c6ccccc6n6c7ccccc7nc6c5c4)cc3)ccc1-2. The molecule has 0 unspecified atom stereocenters. The zero-order chi connectivity index (χ0) is 43.6. The fraction of sp³-hybridized carbons (Fsp3) is 0.0161. The molecular weight excluding hydrogens is 820 g/mol. The van der Waals surface area contributed by atoms with E-state index in [4.69, 9.17) is 4.98 Å². The summed E-state index contributed by atoms with van der Waals surface area (Å²) in [5.41, 5.74) is 18.1. The molecule has 0 atom stereocenters. The third kappa shape index (κ3) is 5.04. The van der Waals surface area contributed by atoms with Crippen LogP contribution in [0.1, 0.15) is 22.3 Å². The quantitative estimate of drug-likeness (QED) is 0.128. The van der Waals surface area contributed by atoms with Gasteiger partial charge in [0.05, 0.1) is 22.0 Å². The molecule has 14 rings (SSSR count). The maximum absolute atomic E-state index is 16.0. The Morgan fingerprint density at radius 1 is 0.348 bits per heavy atom. The van der Waals surface area contributed by atoms with E-state index < -0.39 is 12.6 Å². The first-order valence-corrected chi connectivity index (χ1v) is 24.3. The van der Waals surface area contributed by atoms with Gasteiger partial charge in [-0.3, -0.25) is 4.40 Å². The molecule has 66 heavy (non-hydrogen) atoms. The van der Waals surface area contributed by atoms with E-state index in [0.717, 1.165) is 65.8 Å². The summed E-state index contributed by atoms with van der Waals surface area (Å²) in [6.45, 7) is 0. The number of aromatic nitrogens is 2. The average Bonchev–Trinajstić information content (AvgIpc) is 4.03. The molecule has 0 saturated heterocycles. The van der Waals surface area contributed by atoms with Crippen molar-refractivity contribution < 1.29 is 4.57 Å². The van der Waals surface area contributed by atoms with E-state index in [1.807, 2.05) is 60.7 Å². The molecule has 0 aliphatic heterocycles. The Kier molecular flexibility index (Phi) is 7.88. The number of rotatable bonds is 5. The molecule has 0 amide bonds. The van der Waals surface area contributed by atoms with Crippen LogP contribution in [0.15, 0.2) is 237 Å². The third-order valence-corrected chi connectivity index (χ3v) is 17.5. The second-order valence-electron chi connectivity index (χ2n) is 17.7. The van der Waals surface area contributed by atoms with Gasteiger partial charge in [0.2, 0.25) is 0 Å². The Labute approximate surface area is 382 Å². The lowest BCUT2D eigenvalue weighted by molar-refractivity contribution is 0.592. The Balaban J connectivity index is 0.930. The molecule has 3 nitrogen and oxygen atoms in total. The predicted octanol–water partition coefficient (Wildman–Crippen LogP) is 14.1. The summed E-state index contributed by atoms with van der Waals surface area (Å²) in [5, 5.41) is 6.06. The first kappa shape index (κ1) is 37.3. The lowest BCUT2D eigenvalue weighted by Crippen LogP contribution is -2.29. The number of hydrogen-bond donors (Lipinski definition) is 0. The van der Waals surface area contributed by atoms with Crippen LogP contribution in [0.3, 0.4) is 0 Å². The van der Waals surface area contributed by atoms with Crippen molar-refractivity contribution in [2.24, 2.45) is 0 Å². The van der Waals surface area contributed by atoms with Gasteiger partial charge in [0, 0.05) is 26.7 Å². The number of hydrogen-bond acceptors (Lipinski definition) is 2. The van der Waals surface area contributed by atoms with Gasteiger partial charge in [0.15, 0.2) is 7.14 Å². The van der Waals surface area contributed by atoms with Crippen LogP contribution < -0.4 is 15.9 Å². The fourth-order valence-corrected chi connectivity index (χ4v) is 14.2. The molecule has 2 heterocycles. The molecular formula is C62H39N2OP. The molecule has 10 aromatic carbocycles. The van der Waals surface area contributed by atoms with Gasteiger partial charge in [0.1, 0.15) is 5.65 Å². The molecule has 12 aromatic rings. The lowest BCUT2D eigenvalue weighted by Gasteiger charge is -2.31. The van der Waals surface area contributed by atoms with Gasteiger partial charge in [-0.1, -0.05) is 200 Å². The van der Waals surface area contributed by atoms with Crippen LogP contribution >= 0.6 is 7.14 Å². The van der Waals surface area contributed by atoms with Crippen molar-refractivity contribution >= 4 is 61.4 Å². The van der Waals surface area contributed by atoms with Crippen molar-refractivity contribution in [1.82, 2.24) is 9.38 Å². The van der Waals surface area contributed by atoms with Gasteiger partial charge in [0.25, 0.3) is 0 Å². The monoisotopic (exact) mass is 858 g/mol. The summed E-state index contributed by atoms with van der Waals surface area (Å²) in [5.74, 6) is 0. The van der Waals surface area contributed by atoms with E-state index in [2.05, 4.69) is 180 Å². The van der Waals surface area contributed by atoms with E-state index in [0.29, 0.717) is 0 Å². The summed E-state index contributed by atoms with van der Waals surface area (Å²) in [6.07, 6.45) is 0. The highest BCUT2D eigenvalue weighted by Crippen LogP contribution is 2.63. The maximum atomic E-state index is 16.0. The van der Waals surface area contributed by atoms with Gasteiger partial charge < -0.3 is 4.57 Å². The van der Waals surface area contributed by atoms with Gasteiger partial charge in [-0.05, 0) is 109 Å². The van der Waals surface area contributed by atoms with Crippen molar-refractivity contribution in [3.05, 3.63) is 259 Å². The average molecular weight is 859 g/mol. The molecule has 0 radical (unpaired) electrons. The summed E-state index contributed by atoms with van der Waals surface area (Å²) in [7, 11) is -3.27. The minimum atomic E-state index is -3.27. The second kappa shape index (κ2) is 13.9. The number of fused-ring (bicyclic) bond motifs is 18. The minimum absolute atomic E-state index is 0.611. The molecule has 0 saturated carbocycles. The number of imidazole rings is 1. The predicted molar refractivity (Wildman–Crippen MR) is 274 cm³/mol. The molecule has 2 aliphatic rings. The van der Waals surface area contributed by atoms with Crippen molar-refractivity contribution in [3.8, 4) is 44.5 Å². The third-order valence-electron chi connectivity index (χ3n) is 14.5. The van der Waals surface area contributed by atoms with Crippen molar-refractivity contribution in [3.63, 3.8) is 0 Å². The summed E-state index contributed by atoms with van der Waals surface area (Å²) in [4.78, 5) is 5.18. The molecule has 4 heteroatoms. The van der Waals surface area contributed by atoms with Crippen molar-refractivity contribution in [1.29, 1.82) is 0 Å². The van der Waals surface area contributed by atoms with Crippen molar-refractivity contribution in [2.45, 2.75) is 5.41 Å². The Morgan fingerprint density at radius 2 is 0.848 bits per heavy atom. The highest BCUT2D eigenvalue weighted by atomic mass is 31.2. The van der Waals surface area contributed by atoms with E-state index in [1.165, 1.54) is 55.3 Å². The smallest absolute Gasteiger partial charge is 0.171 e. The molecule has 2 aliphatic carbocycles. The van der Waals surface area contributed by atoms with E-state index in [-0.39, 0.29) is 0 Å². The summed E-state index contributed by atoms with van der Waals surface area (Å²) < 4.78 is 18.3. The van der Waals surface area contributed by atoms with Crippen molar-refractivity contribution in [2.75, 3.05) is 0 Å². The van der Waals surface area contributed by atoms with Crippen LogP contribution in [0.5, 0.6) is 0 Å². The first-order valence-electron chi connectivity index (χ1n) is 22.6. The maximum Gasteiger partial charge on any atom is 0.171 e. The number of benzene rings is 10. The van der Waals surface area contributed by atoms with Gasteiger partial charge in [-0.25, -0.2) is 4.98 Å². The fourth-order valence-electron chi connectivity index (χ4n) is 11.6. The van der Waals surface area contributed by atoms with E-state index in [1.54, 1.807) is 0 Å². The molecule has 0 fully saturated rings. The molecule has 308 valence electrons. The van der Waals surface area contributed by atoms with Crippen LogP contribution in [0.25, 0.3) is 82.9 Å². The summed E-state index contributed by atoms with van der Waals surface area (Å²) in [6, 6.07) is 84.4. The number of nitrogens with zero attached hydrogens (tertiary/aromatic N) is 2. The number of pyridine rings is 1. The highest BCUT2D eigenvalue weighted by Gasteiger charge is 2.52. The topological polar surface area (TPSA) is 34.4 Å². The van der Waals surface area contributed by atoms with Gasteiger partial charge >= 0.3 is 0 Å². The largest absolute Gasteiger partial charge is 0.309 e. The zero-order valence-electron chi connectivity index (χ0n) is 35.8. The highest BCUT2D eigenvalue weighted by molar-refractivity contribution is 7.85. The van der Waals surface area contributed by atoms with Crippen LogP contribution in [0.4, 0.5) is 0 Å². The zero-order valence-corrected chi connectivity index (χ0v) is 36.7. The first-order chi connectivity index (χ1) is 32.6. The van der Waals surface area contributed by atoms with Crippen LogP contribution in [-0.4, -0.2) is 9.38 Å². The minimum Gasteiger partial charge on any atom is -0.309 e. The Bertz CT molecular complexity index is 3930. The molecule has 2 aromatic heterocycles. The normalized spacial score (nSPS) is 13.3. The Morgan fingerprint density at radius 3 is 1.53 bits per heavy atom. The Hall–Kier alpha value is -8.10. The molecule has 0 N–H and O–H groups in total. The van der Waals surface area contributed by atoms with E-state index in [9.17, 15) is 0 Å². The van der Waals surface area contributed by atoms with Crippen LogP contribution in [0, 0.1) is 0 Å². The van der Waals surface area contributed by atoms with Gasteiger partial charge in [-0.2, -0.15) is 0 Å². The van der Waals surface area contributed by atoms with E-state index >= 15 is 4.57 Å². The van der Waals surface area contributed by atoms with Gasteiger partial charge in [-0.15, -0.1) is 0 Å². The number of para-hydroxylation sites is 3. The molecule has 1 spiro atoms. The standard InChI is InChI=1S/C62H39N2OP/c65-66(44-15-3-1-4-16-44,45-17-5-2-6-18-45)46-33-36-51-50-35-32-43(38-56(50)62(57(51)39-46)54-22-10-7-19-48(54)49-20-8-11-23-55(49)62)41-29-27-40(28-30-41)42-31-34-47-52-21-9-13-25-59(52)64-60-26-14-12-24-58(60)63-61(64)53(47)37-42/h1-39H. The second-order valence-corrected chi connectivity index (χ2v) is 20.5. The lowest BCUT2D eigenvalue weighted by atomic mass is 9.70. The molecule has 0 bridgehead atoms. The van der Waals surface area contributed by atoms with Crippen LogP contribution in [0.2, 0.25) is 0 Å². The van der Waals surface area contributed by atoms with Crippen LogP contribution in [-0.2, 0) is 9.98 Å². The summed E-state index contributed by atoms with van der Waals surface area (Å²) >= 11 is 0.